The minimum absolute atomic E-state index is 0.0249. The fraction of sp³-hybridized carbons (Fsp3) is 0.412. The smallest absolute Gasteiger partial charge is 0.352 e. The zero-order valence-corrected chi connectivity index (χ0v) is 19.2. The van der Waals surface area contributed by atoms with Crippen molar-refractivity contribution in [2.24, 2.45) is 10.3 Å². The van der Waals surface area contributed by atoms with E-state index in [-0.39, 0.29) is 53.3 Å². The van der Waals surface area contributed by atoms with Gasteiger partial charge in [0.25, 0.3) is 11.8 Å². The number of esters is 1. The average Bonchev–Trinajstić information content (AvgIpc) is 3.23. The molecule has 2 aliphatic heterocycles. The van der Waals surface area contributed by atoms with Crippen molar-refractivity contribution >= 4 is 57.7 Å². The summed E-state index contributed by atoms with van der Waals surface area (Å²) in [5.74, 6) is -3.19. The number of carbonyl (C=O) groups excluding carboxylic acids is 3. The van der Waals surface area contributed by atoms with Gasteiger partial charge in [0.2, 0.25) is 0 Å². The van der Waals surface area contributed by atoms with Crippen molar-refractivity contribution in [2.75, 3.05) is 31.2 Å². The Morgan fingerprint density at radius 1 is 1.47 bits per heavy atom. The summed E-state index contributed by atoms with van der Waals surface area (Å²) >= 11 is 2.28. The highest BCUT2D eigenvalue weighted by Gasteiger charge is 2.54. The lowest BCUT2D eigenvalue weighted by Gasteiger charge is -2.49. The number of amides is 2. The molecule has 0 aromatic carbocycles. The van der Waals surface area contributed by atoms with Crippen LogP contribution in [0.1, 0.15) is 12.6 Å². The monoisotopic (exact) mass is 510 g/mol. The van der Waals surface area contributed by atoms with Gasteiger partial charge in [0.05, 0.1) is 6.54 Å². The maximum Gasteiger partial charge on any atom is 0.352 e. The van der Waals surface area contributed by atoms with Crippen molar-refractivity contribution in [3.8, 4) is 0 Å². The molecule has 0 bridgehead atoms. The van der Waals surface area contributed by atoms with E-state index >= 15 is 0 Å². The van der Waals surface area contributed by atoms with Gasteiger partial charge in [-0.05, 0) is 5.53 Å². The van der Waals surface area contributed by atoms with Crippen LogP contribution in [0.3, 0.4) is 0 Å². The number of hydrogen-bond donors (Lipinski definition) is 3. The van der Waals surface area contributed by atoms with Gasteiger partial charge >= 0.3 is 11.9 Å². The molecule has 3 rings (SSSR count). The number of thioether (sulfide) groups is 1. The number of nitrogens with two attached hydrogens (primary N) is 1. The molecule has 2 aliphatic rings. The van der Waals surface area contributed by atoms with Gasteiger partial charge in [-0.15, -0.1) is 23.1 Å². The van der Waals surface area contributed by atoms with E-state index in [1.54, 1.807) is 0 Å². The first-order chi connectivity index (χ1) is 16.2. The van der Waals surface area contributed by atoms with Crippen LogP contribution in [0.25, 0.3) is 10.4 Å². The third-order valence-corrected chi connectivity index (χ3v) is 6.48. The summed E-state index contributed by atoms with van der Waals surface area (Å²) in [7, 11) is 0. The molecule has 0 radical (unpaired) electrons. The molecule has 0 spiro atoms. The number of ether oxygens (including phenoxy) is 1. The number of fused-ring (bicyclic) bond motifs is 1. The number of anilines is 1. The quantitative estimate of drug-likeness (QED) is 0.0561. The highest BCUT2D eigenvalue weighted by molar-refractivity contribution is 8.00. The Bertz CT molecular complexity index is 1130. The van der Waals surface area contributed by atoms with Crippen molar-refractivity contribution in [1.82, 2.24) is 15.2 Å². The fourth-order valence-electron chi connectivity index (χ4n) is 3.03. The number of nitrogens with one attached hydrogen (secondary N) is 1. The van der Waals surface area contributed by atoms with Gasteiger partial charge in [-0.3, -0.25) is 19.3 Å². The number of carboxylic acid groups (broad SMARTS) is 1. The summed E-state index contributed by atoms with van der Waals surface area (Å²) in [6.07, 6.45) is 0. The summed E-state index contributed by atoms with van der Waals surface area (Å²) in [5, 5.41) is 20.1. The molecule has 15 nitrogen and oxygen atoms in total. The molecule has 0 saturated carbocycles. The minimum atomic E-state index is -1.35. The second kappa shape index (κ2) is 10.9. The number of carbonyl (C=O) groups is 4. The summed E-state index contributed by atoms with van der Waals surface area (Å²) in [6, 6.07) is -1.04. The zero-order valence-electron chi connectivity index (χ0n) is 17.5. The summed E-state index contributed by atoms with van der Waals surface area (Å²) in [6.45, 7) is 0.804. The molecule has 34 heavy (non-hydrogen) atoms. The van der Waals surface area contributed by atoms with Crippen molar-refractivity contribution in [2.45, 2.75) is 18.3 Å². The molecule has 0 aliphatic carbocycles. The standard InChI is InChI=1S/C17H18N8O7S2/c1-7(26)31-4-8-5-33-15-11(14(28)25(15)12(8)16(29)30)22-13(27)10(9-6-34-17(18)21-9)23-32-3-2-20-24-19/h6,11,15H,2-5H2,1H3,(H2,18,21)(H,22,27)(H,29,30)/t11?,15-/m1/s1. The maximum atomic E-state index is 12.9. The first kappa shape index (κ1) is 24.8. The number of nitrogen functional groups attached to an aromatic ring is 1. The number of rotatable bonds is 10. The van der Waals surface area contributed by atoms with Crippen LogP contribution in [0.2, 0.25) is 0 Å². The molecule has 1 aromatic rings. The number of carboxylic acids is 1. The lowest BCUT2D eigenvalue weighted by atomic mass is 10.0. The highest BCUT2D eigenvalue weighted by atomic mass is 32.2. The third kappa shape index (κ3) is 5.38. The largest absolute Gasteiger partial charge is 0.477 e. The zero-order chi connectivity index (χ0) is 24.8. The Hall–Kier alpha value is -3.82. The van der Waals surface area contributed by atoms with Gasteiger partial charge in [-0.1, -0.05) is 10.3 Å². The lowest BCUT2D eigenvalue weighted by Crippen LogP contribution is -2.71. The second-order valence-corrected chi connectivity index (χ2v) is 8.69. The van der Waals surface area contributed by atoms with Crippen LogP contribution in [-0.2, 0) is 28.8 Å². The van der Waals surface area contributed by atoms with Crippen LogP contribution in [0.15, 0.2) is 26.9 Å². The second-order valence-electron chi connectivity index (χ2n) is 6.70. The maximum absolute atomic E-state index is 12.9. The number of aromatic nitrogens is 1. The van der Waals surface area contributed by atoms with E-state index in [1.165, 1.54) is 24.1 Å². The van der Waals surface area contributed by atoms with E-state index in [9.17, 15) is 24.3 Å². The van der Waals surface area contributed by atoms with Gasteiger partial charge in [-0.25, -0.2) is 9.78 Å². The van der Waals surface area contributed by atoms with Gasteiger partial charge < -0.3 is 25.7 Å². The van der Waals surface area contributed by atoms with Crippen LogP contribution >= 0.6 is 23.1 Å². The number of nitrogens with zero attached hydrogens (tertiary/aromatic N) is 6. The SMILES string of the molecule is CC(=O)OCC1=C(C(=O)O)N2C(=O)C(NC(=O)C(=NOCCN=[N+]=[N-])c3csc(N)n3)[C@H]2SC1. The molecule has 4 N–H and O–H groups in total. The van der Waals surface area contributed by atoms with Crippen molar-refractivity contribution < 1.29 is 33.9 Å². The van der Waals surface area contributed by atoms with Crippen molar-refractivity contribution in [3.63, 3.8) is 0 Å². The van der Waals surface area contributed by atoms with Crippen molar-refractivity contribution in [3.05, 3.63) is 32.8 Å². The van der Waals surface area contributed by atoms with Gasteiger partial charge in [0.15, 0.2) is 10.8 Å². The number of hydrogen-bond acceptors (Lipinski definition) is 12. The molecule has 1 aromatic heterocycles. The van der Waals surface area contributed by atoms with E-state index < -0.39 is 35.2 Å². The van der Waals surface area contributed by atoms with Crippen LogP contribution in [-0.4, -0.2) is 81.4 Å². The first-order valence-electron chi connectivity index (χ1n) is 9.51. The molecule has 3 heterocycles. The molecule has 1 saturated heterocycles. The molecular weight excluding hydrogens is 492 g/mol. The predicted molar refractivity (Wildman–Crippen MR) is 119 cm³/mol. The van der Waals surface area contributed by atoms with E-state index in [2.05, 4.69) is 25.5 Å². The molecule has 1 unspecified atom stereocenters. The van der Waals surface area contributed by atoms with E-state index in [1.807, 2.05) is 0 Å². The molecule has 2 amide bonds. The molecule has 180 valence electrons. The van der Waals surface area contributed by atoms with Crippen molar-refractivity contribution in [1.29, 1.82) is 0 Å². The van der Waals surface area contributed by atoms with E-state index in [4.69, 9.17) is 20.8 Å². The lowest BCUT2D eigenvalue weighted by molar-refractivity contribution is -0.150. The molecule has 17 heteroatoms. The van der Waals surface area contributed by atoms with Crippen LogP contribution in [0, 0.1) is 0 Å². The Morgan fingerprint density at radius 2 is 2.24 bits per heavy atom. The predicted octanol–water partition coefficient (Wildman–Crippen LogP) is 0.0580. The minimum Gasteiger partial charge on any atom is -0.477 e. The summed E-state index contributed by atoms with van der Waals surface area (Å²) in [5.41, 5.74) is 13.8. The Kier molecular flexibility index (Phi) is 7.93. The number of β-lactam (4-membered cyclic amide) rings is 1. The van der Waals surface area contributed by atoms with E-state index in [0.29, 0.717) is 0 Å². The van der Waals surface area contributed by atoms with Gasteiger partial charge in [-0.2, -0.15) is 0 Å². The number of aliphatic carboxylic acids is 1. The van der Waals surface area contributed by atoms with Crippen LogP contribution < -0.4 is 11.1 Å². The summed E-state index contributed by atoms with van der Waals surface area (Å²) in [4.78, 5) is 61.2. The fourth-order valence-corrected chi connectivity index (χ4v) is 4.91. The van der Waals surface area contributed by atoms with E-state index in [0.717, 1.165) is 16.2 Å². The number of oxime groups is 1. The average molecular weight is 511 g/mol. The normalized spacial score (nSPS) is 19.5. The summed E-state index contributed by atoms with van der Waals surface area (Å²) < 4.78 is 4.89. The number of azide groups is 1. The number of thiazole rings is 1. The molecular formula is C17H18N8O7S2. The Morgan fingerprint density at radius 3 is 2.85 bits per heavy atom. The Balaban J connectivity index is 1.75. The third-order valence-electron chi connectivity index (χ3n) is 4.47. The highest BCUT2D eigenvalue weighted by Crippen LogP contribution is 2.40. The Labute approximate surface area is 199 Å². The van der Waals surface area contributed by atoms with Crippen LogP contribution in [0.4, 0.5) is 5.13 Å². The van der Waals surface area contributed by atoms with Gasteiger partial charge in [0, 0.05) is 28.5 Å². The van der Waals surface area contributed by atoms with Crippen LogP contribution in [0.5, 0.6) is 0 Å². The topological polar surface area (TPSA) is 222 Å². The molecule has 2 atom stereocenters. The first-order valence-corrected chi connectivity index (χ1v) is 11.4. The van der Waals surface area contributed by atoms with Gasteiger partial charge in [0.1, 0.15) is 36.0 Å². The molecule has 1 fully saturated rings.